The molecule has 8 nitrogen and oxygen atoms in total. The fraction of sp³-hybridized carbons (Fsp3) is 0.273. The van der Waals surface area contributed by atoms with E-state index in [-0.39, 0.29) is 6.42 Å². The molecular weight excluding hydrogens is 386 g/mol. The lowest BCUT2D eigenvalue weighted by molar-refractivity contribution is -0.145. The minimum absolute atomic E-state index is 0.0831. The van der Waals surface area contributed by atoms with Crippen LogP contribution in [0.25, 0.3) is 0 Å². The third-order valence-corrected chi connectivity index (χ3v) is 4.61. The highest BCUT2D eigenvalue weighted by Gasteiger charge is 2.34. The first-order valence-electron chi connectivity index (χ1n) is 9.34. The number of amides is 2. The molecule has 0 aliphatic heterocycles. The molecule has 8 heteroatoms. The number of aliphatic hydroxyl groups is 1. The predicted molar refractivity (Wildman–Crippen MR) is 108 cm³/mol. The highest BCUT2D eigenvalue weighted by Crippen LogP contribution is 2.19. The summed E-state index contributed by atoms with van der Waals surface area (Å²) in [7, 11) is 0. The maximum Gasteiger partial charge on any atom is 0.326 e. The second kappa shape index (κ2) is 10.7. The van der Waals surface area contributed by atoms with Crippen molar-refractivity contribution in [1.82, 2.24) is 10.6 Å². The Bertz CT molecular complexity index is 911. The monoisotopic (exact) mass is 409 g/mol. The molecule has 30 heavy (non-hydrogen) atoms. The van der Waals surface area contributed by atoms with Gasteiger partial charge in [0.25, 0.3) is 11.8 Å². The topological polar surface area (TPSA) is 140 Å². The molecule has 0 radical (unpaired) electrons. The SMILES string of the molecule is C[C@H](CC#N)[C@@H](NC(=O)[C@H](O)[C@@H](NC(=O)c1ccccc1)c1ccccc1)C(=O)O. The molecule has 0 aliphatic rings. The van der Waals surface area contributed by atoms with Crippen LogP contribution in [0.15, 0.2) is 60.7 Å². The minimum Gasteiger partial charge on any atom is -0.480 e. The Labute approximate surface area is 174 Å². The summed E-state index contributed by atoms with van der Waals surface area (Å²) < 4.78 is 0. The molecular formula is C22H23N3O5. The second-order valence-electron chi connectivity index (χ2n) is 6.84. The standard InChI is InChI=1S/C22H23N3O5/c1-14(12-13-23)17(22(29)30)24-21(28)19(26)18(15-8-4-2-5-9-15)25-20(27)16-10-6-3-7-11-16/h2-11,14,17-19,26H,12H2,1H3,(H,24,28)(H,25,27)(H,29,30)/t14-,17-,18+,19-/m1/s1. The number of nitrogens with zero attached hydrogens (tertiary/aromatic N) is 1. The zero-order chi connectivity index (χ0) is 22.1. The van der Waals surface area contributed by atoms with Crippen LogP contribution in [0.2, 0.25) is 0 Å². The Morgan fingerprint density at radius 3 is 2.10 bits per heavy atom. The summed E-state index contributed by atoms with van der Waals surface area (Å²) >= 11 is 0. The Morgan fingerprint density at radius 2 is 1.57 bits per heavy atom. The van der Waals surface area contributed by atoms with E-state index in [0.29, 0.717) is 11.1 Å². The Kier molecular flexibility index (Phi) is 8.08. The molecule has 0 bridgehead atoms. The average Bonchev–Trinajstić information content (AvgIpc) is 2.76. The molecule has 156 valence electrons. The number of hydrogen-bond donors (Lipinski definition) is 4. The van der Waals surface area contributed by atoms with Gasteiger partial charge in [-0.1, -0.05) is 55.5 Å². The molecule has 0 saturated heterocycles. The van der Waals surface area contributed by atoms with Crippen LogP contribution in [-0.2, 0) is 9.59 Å². The first kappa shape index (κ1) is 22.6. The number of aliphatic hydroxyl groups excluding tert-OH is 1. The van der Waals surface area contributed by atoms with Crippen molar-refractivity contribution >= 4 is 17.8 Å². The van der Waals surface area contributed by atoms with Crippen molar-refractivity contribution in [1.29, 1.82) is 5.26 Å². The highest BCUT2D eigenvalue weighted by atomic mass is 16.4. The molecule has 0 heterocycles. The van der Waals surface area contributed by atoms with Gasteiger partial charge in [0.05, 0.1) is 12.1 Å². The lowest BCUT2D eigenvalue weighted by Gasteiger charge is -2.26. The van der Waals surface area contributed by atoms with E-state index in [1.807, 2.05) is 6.07 Å². The van der Waals surface area contributed by atoms with E-state index in [4.69, 9.17) is 5.26 Å². The van der Waals surface area contributed by atoms with Crippen LogP contribution in [0, 0.1) is 17.2 Å². The number of hydrogen-bond acceptors (Lipinski definition) is 5. The van der Waals surface area contributed by atoms with Gasteiger partial charge in [-0.2, -0.15) is 5.26 Å². The van der Waals surface area contributed by atoms with Gasteiger partial charge >= 0.3 is 5.97 Å². The molecule has 0 spiro atoms. The van der Waals surface area contributed by atoms with Gasteiger partial charge < -0.3 is 20.8 Å². The number of carbonyl (C=O) groups is 3. The van der Waals surface area contributed by atoms with Crippen LogP contribution < -0.4 is 10.6 Å². The molecule has 2 rings (SSSR count). The van der Waals surface area contributed by atoms with E-state index in [0.717, 1.165) is 0 Å². The molecule has 4 N–H and O–H groups in total. The Balaban J connectivity index is 2.24. The third-order valence-electron chi connectivity index (χ3n) is 4.61. The van der Waals surface area contributed by atoms with Crippen molar-refractivity contribution in [2.24, 2.45) is 5.92 Å². The van der Waals surface area contributed by atoms with Crippen molar-refractivity contribution in [3.05, 3.63) is 71.8 Å². The van der Waals surface area contributed by atoms with Gasteiger partial charge in [-0.15, -0.1) is 0 Å². The summed E-state index contributed by atoms with van der Waals surface area (Å²) in [6.07, 6.45) is -1.84. The lowest BCUT2D eigenvalue weighted by Crippen LogP contribution is -2.52. The van der Waals surface area contributed by atoms with Crippen molar-refractivity contribution < 1.29 is 24.6 Å². The summed E-state index contributed by atoms with van der Waals surface area (Å²) in [4.78, 5) is 36.7. The van der Waals surface area contributed by atoms with Crippen LogP contribution in [0.1, 0.15) is 35.3 Å². The van der Waals surface area contributed by atoms with Gasteiger partial charge in [-0.25, -0.2) is 4.79 Å². The molecule has 2 aromatic rings. The highest BCUT2D eigenvalue weighted by molar-refractivity contribution is 5.95. The van der Waals surface area contributed by atoms with Crippen molar-refractivity contribution in [3.8, 4) is 6.07 Å². The number of carbonyl (C=O) groups excluding carboxylic acids is 2. The molecule has 0 saturated carbocycles. The summed E-state index contributed by atoms with van der Waals surface area (Å²) in [6, 6.07) is 16.1. The summed E-state index contributed by atoms with van der Waals surface area (Å²) in [5, 5.41) is 33.8. The van der Waals surface area contributed by atoms with Gasteiger partial charge in [0.2, 0.25) is 0 Å². The van der Waals surface area contributed by atoms with Crippen LogP contribution in [-0.4, -0.2) is 40.1 Å². The average molecular weight is 409 g/mol. The number of rotatable bonds is 9. The fourth-order valence-corrected chi connectivity index (χ4v) is 2.92. The second-order valence-corrected chi connectivity index (χ2v) is 6.84. The van der Waals surface area contributed by atoms with Gasteiger partial charge in [-0.05, 0) is 17.7 Å². The van der Waals surface area contributed by atoms with E-state index in [9.17, 15) is 24.6 Å². The van der Waals surface area contributed by atoms with Gasteiger partial charge in [-0.3, -0.25) is 9.59 Å². The number of aliphatic carboxylic acids is 1. The van der Waals surface area contributed by atoms with E-state index < -0.39 is 41.9 Å². The van der Waals surface area contributed by atoms with Gasteiger partial charge in [0.15, 0.2) is 6.10 Å². The largest absolute Gasteiger partial charge is 0.480 e. The summed E-state index contributed by atoms with van der Waals surface area (Å²) in [5.74, 6) is -3.45. The first-order valence-corrected chi connectivity index (χ1v) is 9.34. The van der Waals surface area contributed by atoms with E-state index in [1.165, 1.54) is 6.92 Å². The molecule has 2 amide bonds. The van der Waals surface area contributed by atoms with Crippen molar-refractivity contribution in [3.63, 3.8) is 0 Å². The maximum atomic E-state index is 12.6. The van der Waals surface area contributed by atoms with Gasteiger partial charge in [0.1, 0.15) is 6.04 Å². The summed E-state index contributed by atoms with van der Waals surface area (Å²) in [5.41, 5.74) is 0.818. The number of carboxylic acid groups (broad SMARTS) is 1. The predicted octanol–water partition coefficient (Wildman–Crippen LogP) is 1.64. The molecule has 0 aliphatic carbocycles. The molecule has 0 fully saturated rings. The smallest absolute Gasteiger partial charge is 0.326 e. The van der Waals surface area contributed by atoms with Crippen molar-refractivity contribution in [2.75, 3.05) is 0 Å². The quantitative estimate of drug-likeness (QED) is 0.496. The zero-order valence-electron chi connectivity index (χ0n) is 16.4. The number of nitriles is 1. The number of carboxylic acids is 1. The zero-order valence-corrected chi connectivity index (χ0v) is 16.4. The van der Waals surface area contributed by atoms with Gasteiger partial charge in [0, 0.05) is 17.9 Å². The molecule has 2 aromatic carbocycles. The lowest BCUT2D eigenvalue weighted by atomic mass is 9.96. The van der Waals surface area contributed by atoms with E-state index in [2.05, 4.69) is 10.6 Å². The van der Waals surface area contributed by atoms with Crippen LogP contribution in [0.5, 0.6) is 0 Å². The number of benzene rings is 2. The first-order chi connectivity index (χ1) is 14.3. The Morgan fingerprint density at radius 1 is 1.00 bits per heavy atom. The van der Waals surface area contributed by atoms with E-state index in [1.54, 1.807) is 60.7 Å². The molecule has 0 unspecified atom stereocenters. The molecule has 4 atom stereocenters. The van der Waals surface area contributed by atoms with Crippen molar-refractivity contribution in [2.45, 2.75) is 31.5 Å². The Hall–Kier alpha value is -3.70. The summed E-state index contributed by atoms with van der Waals surface area (Å²) in [6.45, 7) is 1.51. The van der Waals surface area contributed by atoms with Crippen LogP contribution in [0.3, 0.4) is 0 Å². The fourth-order valence-electron chi connectivity index (χ4n) is 2.92. The minimum atomic E-state index is -1.75. The van der Waals surface area contributed by atoms with Crippen LogP contribution in [0.4, 0.5) is 0 Å². The third kappa shape index (κ3) is 5.90. The normalized spacial score (nSPS) is 14.4. The van der Waals surface area contributed by atoms with E-state index >= 15 is 0 Å². The maximum absolute atomic E-state index is 12.6. The molecule has 0 aromatic heterocycles. The number of nitrogens with one attached hydrogen (secondary N) is 2. The van der Waals surface area contributed by atoms with Crippen LogP contribution >= 0.6 is 0 Å².